The van der Waals surface area contributed by atoms with Crippen LogP contribution in [0.3, 0.4) is 0 Å². The van der Waals surface area contributed by atoms with Gasteiger partial charge in [-0.25, -0.2) is 4.98 Å². The van der Waals surface area contributed by atoms with Crippen molar-refractivity contribution in [3.8, 4) is 0 Å². The number of hydrogen-bond acceptors (Lipinski definition) is 4. The first kappa shape index (κ1) is 12.1. The molecule has 2 heterocycles. The SMILES string of the molecule is CC(NCC1(C)COC1)c1nc2ccccc2s1. The van der Waals surface area contributed by atoms with E-state index in [0.29, 0.717) is 11.5 Å². The van der Waals surface area contributed by atoms with Crippen molar-refractivity contribution in [2.24, 2.45) is 5.41 Å². The maximum absolute atomic E-state index is 5.27. The second-order valence-electron chi connectivity index (χ2n) is 5.43. The second-order valence-corrected chi connectivity index (χ2v) is 6.49. The van der Waals surface area contributed by atoms with Gasteiger partial charge in [-0.05, 0) is 19.1 Å². The number of hydrogen-bond donors (Lipinski definition) is 1. The summed E-state index contributed by atoms with van der Waals surface area (Å²) in [6, 6.07) is 8.61. The van der Waals surface area contributed by atoms with Gasteiger partial charge in [0, 0.05) is 12.0 Å². The zero-order chi connectivity index (χ0) is 12.6. The summed E-state index contributed by atoms with van der Waals surface area (Å²) in [7, 11) is 0. The van der Waals surface area contributed by atoms with Crippen LogP contribution in [0.1, 0.15) is 24.9 Å². The van der Waals surface area contributed by atoms with Crippen molar-refractivity contribution in [2.75, 3.05) is 19.8 Å². The van der Waals surface area contributed by atoms with Gasteiger partial charge in [0.25, 0.3) is 0 Å². The third-order valence-corrected chi connectivity index (χ3v) is 4.64. The van der Waals surface area contributed by atoms with E-state index in [1.54, 1.807) is 11.3 Å². The molecule has 4 heteroatoms. The molecule has 1 unspecified atom stereocenters. The topological polar surface area (TPSA) is 34.1 Å². The molecule has 96 valence electrons. The number of ether oxygens (including phenoxy) is 1. The van der Waals surface area contributed by atoms with Gasteiger partial charge in [0.2, 0.25) is 0 Å². The summed E-state index contributed by atoms with van der Waals surface area (Å²) in [4.78, 5) is 4.68. The van der Waals surface area contributed by atoms with Crippen molar-refractivity contribution in [1.29, 1.82) is 0 Å². The Labute approximate surface area is 111 Å². The number of thiazole rings is 1. The van der Waals surface area contributed by atoms with Crippen LogP contribution in [0.2, 0.25) is 0 Å². The smallest absolute Gasteiger partial charge is 0.111 e. The van der Waals surface area contributed by atoms with E-state index in [0.717, 1.165) is 25.3 Å². The van der Waals surface area contributed by atoms with Crippen molar-refractivity contribution in [1.82, 2.24) is 10.3 Å². The normalized spacial score (nSPS) is 19.7. The van der Waals surface area contributed by atoms with Crippen molar-refractivity contribution in [3.05, 3.63) is 29.3 Å². The van der Waals surface area contributed by atoms with Crippen LogP contribution in [0.4, 0.5) is 0 Å². The van der Waals surface area contributed by atoms with Crippen LogP contribution < -0.4 is 5.32 Å². The van der Waals surface area contributed by atoms with E-state index in [1.807, 2.05) is 6.07 Å². The van der Waals surface area contributed by atoms with Crippen LogP contribution in [-0.4, -0.2) is 24.7 Å². The maximum Gasteiger partial charge on any atom is 0.111 e. The lowest BCUT2D eigenvalue weighted by atomic mass is 9.88. The van der Waals surface area contributed by atoms with Gasteiger partial charge in [0.15, 0.2) is 0 Å². The fraction of sp³-hybridized carbons (Fsp3) is 0.500. The summed E-state index contributed by atoms with van der Waals surface area (Å²) >= 11 is 1.78. The predicted molar refractivity (Wildman–Crippen MR) is 75.0 cm³/mol. The number of nitrogens with zero attached hydrogens (tertiary/aromatic N) is 1. The first-order chi connectivity index (χ1) is 8.66. The summed E-state index contributed by atoms with van der Waals surface area (Å²) in [5, 5.41) is 4.74. The number of benzene rings is 1. The Balaban J connectivity index is 1.69. The van der Waals surface area contributed by atoms with E-state index in [1.165, 1.54) is 9.71 Å². The fourth-order valence-electron chi connectivity index (χ4n) is 2.11. The fourth-order valence-corrected chi connectivity index (χ4v) is 3.11. The average molecular weight is 262 g/mol. The van der Waals surface area contributed by atoms with Gasteiger partial charge < -0.3 is 10.1 Å². The lowest BCUT2D eigenvalue weighted by Gasteiger charge is -2.38. The van der Waals surface area contributed by atoms with Gasteiger partial charge in [0.05, 0.1) is 29.5 Å². The highest BCUT2D eigenvalue weighted by molar-refractivity contribution is 7.18. The first-order valence-corrected chi connectivity index (χ1v) is 7.15. The third kappa shape index (κ3) is 2.28. The second kappa shape index (κ2) is 4.61. The molecule has 1 fully saturated rings. The lowest BCUT2D eigenvalue weighted by molar-refractivity contribution is -0.0999. The van der Waals surface area contributed by atoms with Gasteiger partial charge in [0.1, 0.15) is 5.01 Å². The molecule has 1 atom stereocenters. The van der Waals surface area contributed by atoms with Gasteiger partial charge in [-0.1, -0.05) is 19.1 Å². The lowest BCUT2D eigenvalue weighted by Crippen LogP contribution is -2.47. The molecule has 18 heavy (non-hydrogen) atoms. The number of para-hydroxylation sites is 1. The molecule has 1 aromatic carbocycles. The third-order valence-electron chi connectivity index (χ3n) is 3.42. The quantitative estimate of drug-likeness (QED) is 0.919. The van der Waals surface area contributed by atoms with Crippen LogP contribution in [0.25, 0.3) is 10.2 Å². The molecule has 0 radical (unpaired) electrons. The molecule has 0 spiro atoms. The molecule has 3 nitrogen and oxygen atoms in total. The minimum Gasteiger partial charge on any atom is -0.380 e. The zero-order valence-electron chi connectivity index (χ0n) is 10.8. The minimum atomic E-state index is 0.305. The first-order valence-electron chi connectivity index (χ1n) is 6.33. The highest BCUT2D eigenvalue weighted by Crippen LogP contribution is 2.29. The van der Waals surface area contributed by atoms with E-state index in [-0.39, 0.29) is 0 Å². The van der Waals surface area contributed by atoms with E-state index in [9.17, 15) is 0 Å². The van der Waals surface area contributed by atoms with Crippen LogP contribution in [-0.2, 0) is 4.74 Å². The monoisotopic (exact) mass is 262 g/mol. The van der Waals surface area contributed by atoms with E-state index >= 15 is 0 Å². The van der Waals surface area contributed by atoms with Gasteiger partial charge >= 0.3 is 0 Å². The Morgan fingerprint density at radius 2 is 2.22 bits per heavy atom. The summed E-state index contributed by atoms with van der Waals surface area (Å²) in [5.74, 6) is 0. The van der Waals surface area contributed by atoms with Gasteiger partial charge in [-0.3, -0.25) is 0 Å². The standard InChI is InChI=1S/C14H18N2OS/c1-10(15-7-14(2)8-17-9-14)13-16-11-5-3-4-6-12(11)18-13/h3-6,10,15H,7-9H2,1-2H3. The van der Waals surface area contributed by atoms with Crippen LogP contribution in [0.5, 0.6) is 0 Å². The van der Waals surface area contributed by atoms with Gasteiger partial charge in [-0.15, -0.1) is 11.3 Å². The molecule has 1 aliphatic heterocycles. The highest BCUT2D eigenvalue weighted by Gasteiger charge is 2.33. The molecule has 2 aromatic rings. The molecule has 1 N–H and O–H groups in total. The Morgan fingerprint density at radius 1 is 1.44 bits per heavy atom. The molecule has 0 bridgehead atoms. The van der Waals surface area contributed by atoms with E-state index in [2.05, 4.69) is 42.3 Å². The van der Waals surface area contributed by atoms with Crippen molar-refractivity contribution in [3.63, 3.8) is 0 Å². The molecule has 1 aromatic heterocycles. The molecule has 0 amide bonds. The minimum absolute atomic E-state index is 0.305. The molecular weight excluding hydrogens is 244 g/mol. The van der Waals surface area contributed by atoms with Crippen LogP contribution in [0, 0.1) is 5.41 Å². The summed E-state index contributed by atoms with van der Waals surface area (Å²) in [6.07, 6.45) is 0. The van der Waals surface area contributed by atoms with Crippen LogP contribution >= 0.6 is 11.3 Å². The van der Waals surface area contributed by atoms with Gasteiger partial charge in [-0.2, -0.15) is 0 Å². The Morgan fingerprint density at radius 3 is 2.89 bits per heavy atom. The molecule has 1 saturated heterocycles. The number of nitrogens with one attached hydrogen (secondary N) is 1. The molecule has 3 rings (SSSR count). The Bertz CT molecular complexity index is 514. The molecular formula is C14H18N2OS. The van der Waals surface area contributed by atoms with Crippen molar-refractivity contribution >= 4 is 21.6 Å². The zero-order valence-corrected chi connectivity index (χ0v) is 11.6. The average Bonchev–Trinajstić information content (AvgIpc) is 2.77. The summed E-state index contributed by atoms with van der Waals surface area (Å²) < 4.78 is 6.53. The number of fused-ring (bicyclic) bond motifs is 1. The van der Waals surface area contributed by atoms with E-state index in [4.69, 9.17) is 4.74 Å². The summed E-state index contributed by atoms with van der Waals surface area (Å²) in [6.45, 7) is 7.17. The summed E-state index contributed by atoms with van der Waals surface area (Å²) in [5.41, 5.74) is 1.41. The maximum atomic E-state index is 5.27. The van der Waals surface area contributed by atoms with Crippen LogP contribution in [0.15, 0.2) is 24.3 Å². The largest absolute Gasteiger partial charge is 0.380 e. The highest BCUT2D eigenvalue weighted by atomic mass is 32.1. The number of rotatable bonds is 4. The predicted octanol–water partition coefficient (Wildman–Crippen LogP) is 2.98. The molecule has 0 aliphatic carbocycles. The van der Waals surface area contributed by atoms with Crippen molar-refractivity contribution < 1.29 is 4.74 Å². The Hall–Kier alpha value is -0.970. The molecule has 1 aliphatic rings. The van der Waals surface area contributed by atoms with Crippen molar-refractivity contribution in [2.45, 2.75) is 19.9 Å². The molecule has 0 saturated carbocycles. The Kier molecular flexibility index (Phi) is 3.09. The van der Waals surface area contributed by atoms with E-state index < -0.39 is 0 Å². The number of aromatic nitrogens is 1.